The third-order valence-electron chi connectivity index (χ3n) is 4.08. The van der Waals surface area contributed by atoms with Crippen LogP contribution in [0.1, 0.15) is 20.3 Å². The number of benzene rings is 1. The summed E-state index contributed by atoms with van der Waals surface area (Å²) in [7, 11) is -3.62. The van der Waals surface area contributed by atoms with Crippen LogP contribution in [0.5, 0.6) is 0 Å². The van der Waals surface area contributed by atoms with Gasteiger partial charge in [-0.2, -0.15) is 5.10 Å². The van der Waals surface area contributed by atoms with Gasteiger partial charge in [-0.15, -0.1) is 0 Å². The average molecular weight is 350 g/mol. The van der Waals surface area contributed by atoms with Crippen LogP contribution < -0.4 is 0 Å². The van der Waals surface area contributed by atoms with Crippen LogP contribution in [0.15, 0.2) is 42.7 Å². The van der Waals surface area contributed by atoms with Crippen LogP contribution in [-0.4, -0.2) is 41.8 Å². The number of sulfone groups is 1. The third-order valence-corrected chi connectivity index (χ3v) is 6.09. The number of ether oxygens (including phenoxy) is 1. The number of hydrogen-bond acceptors (Lipinski definition) is 5. The van der Waals surface area contributed by atoms with E-state index in [0.29, 0.717) is 6.54 Å². The molecule has 0 radical (unpaired) electrons. The van der Waals surface area contributed by atoms with E-state index < -0.39 is 20.6 Å². The van der Waals surface area contributed by atoms with Crippen LogP contribution in [0.2, 0.25) is 0 Å². The predicted molar refractivity (Wildman–Crippen MR) is 92.2 cm³/mol. The SMILES string of the molecule is CCOC(=O)[C@@](C)(CCn1cc(-c2ccccc2)cn1)S(C)(=O)=O. The van der Waals surface area contributed by atoms with Crippen molar-refractivity contribution in [3.8, 4) is 11.1 Å². The highest BCUT2D eigenvalue weighted by atomic mass is 32.2. The topological polar surface area (TPSA) is 78.3 Å². The maximum Gasteiger partial charge on any atom is 0.327 e. The molecule has 1 atom stereocenters. The summed E-state index contributed by atoms with van der Waals surface area (Å²) in [6, 6.07) is 9.76. The Hall–Kier alpha value is -2.15. The van der Waals surface area contributed by atoms with Crippen molar-refractivity contribution in [2.45, 2.75) is 31.6 Å². The summed E-state index contributed by atoms with van der Waals surface area (Å²) in [4.78, 5) is 12.1. The van der Waals surface area contributed by atoms with Gasteiger partial charge < -0.3 is 4.74 Å². The molecule has 0 saturated heterocycles. The highest BCUT2D eigenvalue weighted by Crippen LogP contribution is 2.24. The maximum atomic E-state index is 12.1. The first kappa shape index (κ1) is 18.2. The zero-order valence-electron chi connectivity index (χ0n) is 14.1. The lowest BCUT2D eigenvalue weighted by molar-refractivity contribution is -0.146. The molecular formula is C17H22N2O4S. The van der Waals surface area contributed by atoms with Gasteiger partial charge in [-0.3, -0.25) is 9.48 Å². The second-order valence-corrected chi connectivity index (χ2v) is 8.28. The highest BCUT2D eigenvalue weighted by Gasteiger charge is 2.44. The van der Waals surface area contributed by atoms with Gasteiger partial charge in [0.1, 0.15) is 0 Å². The number of aromatic nitrogens is 2. The zero-order chi connectivity index (χ0) is 17.8. The predicted octanol–water partition coefficient (Wildman–Crippen LogP) is 2.31. The van der Waals surface area contributed by atoms with E-state index in [1.54, 1.807) is 17.8 Å². The molecule has 1 aromatic heterocycles. The largest absolute Gasteiger partial charge is 0.465 e. The number of hydrogen-bond donors (Lipinski definition) is 0. The summed E-state index contributed by atoms with van der Waals surface area (Å²) < 4.78 is 29.2. The maximum absolute atomic E-state index is 12.1. The monoisotopic (exact) mass is 350 g/mol. The lowest BCUT2D eigenvalue weighted by Gasteiger charge is -2.25. The van der Waals surface area contributed by atoms with E-state index in [1.165, 1.54) is 6.92 Å². The number of esters is 1. The molecule has 0 aliphatic rings. The molecule has 0 saturated carbocycles. The molecule has 0 fully saturated rings. The molecule has 2 aromatic rings. The van der Waals surface area contributed by atoms with Gasteiger partial charge in [-0.05, 0) is 25.8 Å². The molecule has 0 aliphatic carbocycles. The molecule has 0 aliphatic heterocycles. The van der Waals surface area contributed by atoms with Crippen molar-refractivity contribution < 1.29 is 17.9 Å². The minimum absolute atomic E-state index is 0.0978. The summed E-state index contributed by atoms with van der Waals surface area (Å²) in [5.74, 6) is -0.720. The Balaban J connectivity index is 2.16. The van der Waals surface area contributed by atoms with Crippen LogP contribution in [0.4, 0.5) is 0 Å². The van der Waals surface area contributed by atoms with Crippen LogP contribution in [-0.2, 0) is 25.9 Å². The Bertz CT molecular complexity index is 799. The third kappa shape index (κ3) is 3.84. The molecule has 1 aromatic carbocycles. The van der Waals surface area contributed by atoms with Crippen molar-refractivity contribution in [2.24, 2.45) is 0 Å². The van der Waals surface area contributed by atoms with E-state index in [0.717, 1.165) is 17.4 Å². The molecule has 24 heavy (non-hydrogen) atoms. The van der Waals surface area contributed by atoms with Gasteiger partial charge in [0.15, 0.2) is 14.6 Å². The van der Waals surface area contributed by atoms with Crippen LogP contribution in [0.3, 0.4) is 0 Å². The summed E-state index contributed by atoms with van der Waals surface area (Å²) in [6.45, 7) is 3.50. The second-order valence-electron chi connectivity index (χ2n) is 5.83. The van der Waals surface area contributed by atoms with Crippen molar-refractivity contribution in [1.82, 2.24) is 9.78 Å². The molecule has 130 valence electrons. The molecule has 6 nitrogen and oxygen atoms in total. The highest BCUT2D eigenvalue weighted by molar-refractivity contribution is 7.92. The van der Waals surface area contributed by atoms with Gasteiger partial charge in [0.2, 0.25) is 0 Å². The number of nitrogens with zero attached hydrogens (tertiary/aromatic N) is 2. The van der Waals surface area contributed by atoms with Gasteiger partial charge >= 0.3 is 5.97 Å². The van der Waals surface area contributed by atoms with Crippen molar-refractivity contribution in [3.05, 3.63) is 42.7 Å². The van der Waals surface area contributed by atoms with Gasteiger partial charge in [0, 0.05) is 24.6 Å². The van der Waals surface area contributed by atoms with Crippen molar-refractivity contribution in [2.75, 3.05) is 12.9 Å². The van der Waals surface area contributed by atoms with Gasteiger partial charge in [0.25, 0.3) is 0 Å². The van der Waals surface area contributed by atoms with Crippen LogP contribution in [0.25, 0.3) is 11.1 Å². The quantitative estimate of drug-likeness (QED) is 0.716. The second kappa shape index (κ2) is 7.17. The zero-order valence-corrected chi connectivity index (χ0v) is 14.9. The Morgan fingerprint density at radius 3 is 2.50 bits per heavy atom. The van der Waals surface area contributed by atoms with Crippen molar-refractivity contribution in [3.63, 3.8) is 0 Å². The van der Waals surface area contributed by atoms with Gasteiger partial charge in [0.05, 0.1) is 12.8 Å². The molecule has 2 rings (SSSR count). The van der Waals surface area contributed by atoms with Crippen LogP contribution >= 0.6 is 0 Å². The van der Waals surface area contributed by atoms with E-state index in [-0.39, 0.29) is 13.0 Å². The van der Waals surface area contributed by atoms with Gasteiger partial charge in [-0.25, -0.2) is 8.42 Å². The summed E-state index contributed by atoms with van der Waals surface area (Å²) >= 11 is 0. The summed E-state index contributed by atoms with van der Waals surface area (Å²) in [6.07, 6.45) is 4.71. The lowest BCUT2D eigenvalue weighted by Crippen LogP contribution is -2.45. The Morgan fingerprint density at radius 1 is 1.25 bits per heavy atom. The van der Waals surface area contributed by atoms with E-state index in [1.807, 2.05) is 36.5 Å². The average Bonchev–Trinajstić information content (AvgIpc) is 3.01. The molecule has 0 spiro atoms. The van der Waals surface area contributed by atoms with Gasteiger partial charge in [-0.1, -0.05) is 30.3 Å². The van der Waals surface area contributed by atoms with E-state index in [9.17, 15) is 13.2 Å². The molecule has 0 bridgehead atoms. The van der Waals surface area contributed by atoms with E-state index >= 15 is 0 Å². The van der Waals surface area contributed by atoms with Crippen molar-refractivity contribution in [1.29, 1.82) is 0 Å². The molecule has 0 unspecified atom stereocenters. The minimum atomic E-state index is -3.62. The molecular weight excluding hydrogens is 328 g/mol. The smallest absolute Gasteiger partial charge is 0.327 e. The fourth-order valence-electron chi connectivity index (χ4n) is 2.32. The standard InChI is InChI=1S/C17H22N2O4S/c1-4-23-16(20)17(2,24(3,21)22)10-11-19-13-15(12-18-19)14-8-6-5-7-9-14/h5-9,12-13H,4,10-11H2,1-3H3/t17-/m1/s1. The normalized spacial score (nSPS) is 14.1. The fourth-order valence-corrected chi connectivity index (χ4v) is 3.14. The molecule has 1 heterocycles. The van der Waals surface area contributed by atoms with E-state index in [4.69, 9.17) is 4.74 Å². The van der Waals surface area contributed by atoms with Crippen LogP contribution in [0, 0.1) is 0 Å². The number of aryl methyl sites for hydroxylation is 1. The Labute approximate surface area is 142 Å². The Morgan fingerprint density at radius 2 is 1.92 bits per heavy atom. The molecule has 0 N–H and O–H groups in total. The number of carbonyl (C=O) groups excluding carboxylic acids is 1. The first-order valence-corrected chi connectivity index (χ1v) is 9.62. The number of rotatable bonds is 7. The number of carbonyl (C=O) groups is 1. The Kier molecular flexibility index (Phi) is 5.43. The molecule has 7 heteroatoms. The first-order chi connectivity index (χ1) is 11.3. The first-order valence-electron chi connectivity index (χ1n) is 7.72. The minimum Gasteiger partial charge on any atom is -0.465 e. The fraction of sp³-hybridized carbons (Fsp3) is 0.412. The summed E-state index contributed by atoms with van der Waals surface area (Å²) in [5.41, 5.74) is 1.97. The van der Waals surface area contributed by atoms with Crippen molar-refractivity contribution >= 4 is 15.8 Å². The lowest BCUT2D eigenvalue weighted by atomic mass is 10.1. The van der Waals surface area contributed by atoms with E-state index in [2.05, 4.69) is 5.10 Å². The molecule has 0 amide bonds. The summed E-state index contributed by atoms with van der Waals surface area (Å²) in [5, 5.41) is 4.25.